The molecule has 5 rings (SSSR count). The molecule has 0 aromatic heterocycles. The Hall–Kier alpha value is -3.57. The molecule has 1 unspecified atom stereocenters. The van der Waals surface area contributed by atoms with Crippen molar-refractivity contribution in [3.8, 4) is 5.75 Å². The molecule has 0 spiro atoms. The molecule has 1 atom stereocenters. The number of sulfone groups is 1. The first-order valence-electron chi connectivity index (χ1n) is 10.0. The summed E-state index contributed by atoms with van der Waals surface area (Å²) in [5.41, 5.74) is 9.07. The normalized spacial score (nSPS) is 16.1. The minimum absolute atomic E-state index is 0.0744. The minimum atomic E-state index is -3.89. The van der Waals surface area contributed by atoms with Crippen molar-refractivity contribution in [3.63, 3.8) is 0 Å². The average Bonchev–Trinajstić information content (AvgIpc) is 2.79. The Morgan fingerprint density at radius 3 is 2.23 bits per heavy atom. The smallest absolute Gasteiger partial charge is 0.208 e. The van der Waals surface area contributed by atoms with Crippen molar-refractivity contribution >= 4 is 20.6 Å². The number of benzene rings is 4. The molecule has 31 heavy (non-hydrogen) atoms. The summed E-state index contributed by atoms with van der Waals surface area (Å²) in [7, 11) is -3.89. The van der Waals surface area contributed by atoms with Gasteiger partial charge in [-0.15, -0.1) is 0 Å². The van der Waals surface area contributed by atoms with Crippen LogP contribution in [0.2, 0.25) is 0 Å². The van der Waals surface area contributed by atoms with Crippen LogP contribution < -0.4 is 10.5 Å². The minimum Gasteiger partial charge on any atom is -0.440 e. The van der Waals surface area contributed by atoms with Gasteiger partial charge in [-0.2, -0.15) is 0 Å². The van der Waals surface area contributed by atoms with Crippen molar-refractivity contribution in [1.82, 2.24) is 0 Å². The molecule has 0 saturated carbocycles. The van der Waals surface area contributed by atoms with E-state index < -0.39 is 15.8 Å². The summed E-state index contributed by atoms with van der Waals surface area (Å²) >= 11 is 0. The molecule has 0 amide bonds. The lowest BCUT2D eigenvalue weighted by atomic mass is 9.87. The van der Waals surface area contributed by atoms with Crippen LogP contribution in [0.25, 0.3) is 10.8 Å². The Morgan fingerprint density at radius 1 is 0.806 bits per heavy atom. The molecule has 1 aliphatic heterocycles. The molecule has 0 fully saturated rings. The van der Waals surface area contributed by atoms with Crippen molar-refractivity contribution < 1.29 is 13.2 Å². The third kappa shape index (κ3) is 3.18. The van der Waals surface area contributed by atoms with Crippen LogP contribution in [-0.4, -0.2) is 8.42 Å². The van der Waals surface area contributed by atoms with Crippen molar-refractivity contribution in [2.75, 3.05) is 0 Å². The first kappa shape index (κ1) is 19.4. The van der Waals surface area contributed by atoms with Crippen LogP contribution in [0.4, 0.5) is 0 Å². The highest BCUT2D eigenvalue weighted by Crippen LogP contribution is 2.48. The summed E-state index contributed by atoms with van der Waals surface area (Å²) in [5, 5.41) is 1.90. The molecule has 4 aromatic carbocycles. The SMILES string of the molecule is Cc1ccc(C2C(S(=O)(=O)c3ccccc3)=C(N)Oc3c2ccc2ccccc32)cc1. The number of hydrogen-bond donors (Lipinski definition) is 1. The molecule has 0 radical (unpaired) electrons. The van der Waals surface area contributed by atoms with Gasteiger partial charge in [0.2, 0.25) is 15.7 Å². The van der Waals surface area contributed by atoms with Gasteiger partial charge in [0, 0.05) is 10.9 Å². The molecule has 154 valence electrons. The van der Waals surface area contributed by atoms with E-state index in [-0.39, 0.29) is 15.7 Å². The Bertz CT molecular complexity index is 1420. The maximum absolute atomic E-state index is 13.7. The zero-order valence-corrected chi connectivity index (χ0v) is 17.8. The molecule has 1 heterocycles. The third-order valence-electron chi connectivity index (χ3n) is 5.69. The van der Waals surface area contributed by atoms with Gasteiger partial charge in [0.1, 0.15) is 10.7 Å². The van der Waals surface area contributed by atoms with Gasteiger partial charge < -0.3 is 10.5 Å². The summed E-state index contributed by atoms with van der Waals surface area (Å²) in [6, 6.07) is 28.0. The maximum Gasteiger partial charge on any atom is 0.208 e. The highest BCUT2D eigenvalue weighted by Gasteiger charge is 2.39. The molecule has 1 aliphatic rings. The third-order valence-corrected chi connectivity index (χ3v) is 7.60. The van der Waals surface area contributed by atoms with Crippen LogP contribution in [0.15, 0.2) is 107 Å². The lowest BCUT2D eigenvalue weighted by Crippen LogP contribution is -2.26. The topological polar surface area (TPSA) is 69.4 Å². The van der Waals surface area contributed by atoms with Crippen LogP contribution in [0.1, 0.15) is 22.6 Å². The van der Waals surface area contributed by atoms with Gasteiger partial charge in [-0.3, -0.25) is 0 Å². The van der Waals surface area contributed by atoms with Crippen molar-refractivity contribution in [3.05, 3.63) is 118 Å². The number of aryl methyl sites for hydroxylation is 1. The van der Waals surface area contributed by atoms with E-state index in [0.29, 0.717) is 5.75 Å². The van der Waals surface area contributed by atoms with E-state index in [9.17, 15) is 8.42 Å². The standard InChI is InChI=1S/C26H21NO3S/c1-17-11-13-19(14-12-17)23-22-16-15-18-7-5-6-10-21(18)24(22)30-26(27)25(23)31(28,29)20-8-3-2-4-9-20/h2-16,23H,27H2,1H3. The lowest BCUT2D eigenvalue weighted by Gasteiger charge is -2.30. The van der Waals surface area contributed by atoms with Crippen LogP contribution >= 0.6 is 0 Å². The molecule has 0 aliphatic carbocycles. The summed E-state index contributed by atoms with van der Waals surface area (Å²) in [6.45, 7) is 2.00. The van der Waals surface area contributed by atoms with Gasteiger partial charge in [0.05, 0.1) is 10.8 Å². The quantitative estimate of drug-likeness (QED) is 0.483. The fraction of sp³-hybridized carbons (Fsp3) is 0.0769. The Labute approximate surface area is 181 Å². The predicted molar refractivity (Wildman–Crippen MR) is 122 cm³/mol. The molecular weight excluding hydrogens is 406 g/mol. The molecule has 2 N–H and O–H groups in total. The molecule has 0 saturated heterocycles. The van der Waals surface area contributed by atoms with Gasteiger partial charge >= 0.3 is 0 Å². The lowest BCUT2D eigenvalue weighted by molar-refractivity contribution is 0.399. The van der Waals surface area contributed by atoms with E-state index in [2.05, 4.69) is 0 Å². The van der Waals surface area contributed by atoms with Gasteiger partial charge in [-0.25, -0.2) is 8.42 Å². The second kappa shape index (κ2) is 7.29. The van der Waals surface area contributed by atoms with E-state index in [1.165, 1.54) is 0 Å². The number of nitrogens with two attached hydrogens (primary N) is 1. The Morgan fingerprint density at radius 2 is 1.48 bits per heavy atom. The fourth-order valence-corrected chi connectivity index (χ4v) is 5.80. The van der Waals surface area contributed by atoms with Crippen molar-refractivity contribution in [1.29, 1.82) is 0 Å². The highest BCUT2D eigenvalue weighted by molar-refractivity contribution is 7.95. The van der Waals surface area contributed by atoms with Crippen molar-refractivity contribution in [2.45, 2.75) is 17.7 Å². The number of ether oxygens (including phenoxy) is 1. The van der Waals surface area contributed by atoms with E-state index in [0.717, 1.165) is 27.5 Å². The molecule has 0 bridgehead atoms. The van der Waals surface area contributed by atoms with Crippen LogP contribution in [0.5, 0.6) is 5.75 Å². The zero-order chi connectivity index (χ0) is 21.6. The number of hydrogen-bond acceptors (Lipinski definition) is 4. The highest BCUT2D eigenvalue weighted by atomic mass is 32.2. The fourth-order valence-electron chi connectivity index (χ4n) is 4.15. The number of allylic oxidation sites excluding steroid dienone is 1. The monoisotopic (exact) mass is 427 g/mol. The molecule has 4 aromatic rings. The van der Waals surface area contributed by atoms with Gasteiger partial charge in [-0.05, 0) is 30.0 Å². The molecular formula is C26H21NO3S. The second-order valence-corrected chi connectivity index (χ2v) is 9.61. The van der Waals surface area contributed by atoms with Gasteiger partial charge in [0.15, 0.2) is 0 Å². The van der Waals surface area contributed by atoms with E-state index in [1.807, 2.05) is 67.6 Å². The Balaban J connectivity index is 1.81. The zero-order valence-electron chi connectivity index (χ0n) is 16.9. The first-order chi connectivity index (χ1) is 15.0. The van der Waals surface area contributed by atoms with E-state index in [1.54, 1.807) is 30.3 Å². The first-order valence-corrected chi connectivity index (χ1v) is 11.5. The summed E-state index contributed by atoms with van der Waals surface area (Å²) in [4.78, 5) is 0.267. The number of rotatable bonds is 3. The second-order valence-electron chi connectivity index (χ2n) is 7.70. The van der Waals surface area contributed by atoms with E-state index in [4.69, 9.17) is 10.5 Å². The summed E-state index contributed by atoms with van der Waals surface area (Å²) in [6.07, 6.45) is 0. The number of fused-ring (bicyclic) bond motifs is 3. The van der Waals surface area contributed by atoms with Crippen molar-refractivity contribution in [2.24, 2.45) is 5.73 Å². The van der Waals surface area contributed by atoms with E-state index >= 15 is 0 Å². The van der Waals surface area contributed by atoms with Crippen LogP contribution in [0.3, 0.4) is 0 Å². The summed E-state index contributed by atoms with van der Waals surface area (Å²) in [5.74, 6) is -0.0503. The van der Waals surface area contributed by atoms with Crippen LogP contribution in [0, 0.1) is 6.92 Å². The van der Waals surface area contributed by atoms with Crippen LogP contribution in [-0.2, 0) is 9.84 Å². The Kier molecular flexibility index (Phi) is 4.56. The van der Waals surface area contributed by atoms with Gasteiger partial charge in [0.25, 0.3) is 0 Å². The molecule has 4 nitrogen and oxygen atoms in total. The molecule has 5 heteroatoms. The summed E-state index contributed by atoms with van der Waals surface area (Å²) < 4.78 is 33.4. The van der Waals surface area contributed by atoms with Gasteiger partial charge in [-0.1, -0.05) is 84.4 Å². The predicted octanol–water partition coefficient (Wildman–Crippen LogP) is 5.27. The maximum atomic E-state index is 13.7. The average molecular weight is 428 g/mol. The largest absolute Gasteiger partial charge is 0.440 e.